The molecule has 0 spiro atoms. The summed E-state index contributed by atoms with van der Waals surface area (Å²) in [6.07, 6.45) is -0.159. The zero-order valence-corrected chi connectivity index (χ0v) is 20.8. The third-order valence-electron chi connectivity index (χ3n) is 4.02. The number of H-pyrrole nitrogens is 1. The van der Waals surface area contributed by atoms with Crippen LogP contribution in [0.1, 0.15) is 54.7 Å². The molecule has 0 aliphatic rings. The molecule has 0 saturated heterocycles. The van der Waals surface area contributed by atoms with E-state index in [1.54, 1.807) is 27.7 Å². The summed E-state index contributed by atoms with van der Waals surface area (Å²) in [6.45, 7) is 8.87. The lowest BCUT2D eigenvalue weighted by atomic mass is 10.1. The van der Waals surface area contributed by atoms with Crippen molar-refractivity contribution in [3.63, 3.8) is 0 Å². The van der Waals surface area contributed by atoms with E-state index in [1.807, 2.05) is 20.8 Å². The predicted octanol–water partition coefficient (Wildman–Crippen LogP) is 2.90. The Morgan fingerprint density at radius 2 is 1.87 bits per heavy atom. The Balaban J connectivity index is 2.81. The summed E-state index contributed by atoms with van der Waals surface area (Å²) in [4.78, 5) is 37.7. The maximum absolute atomic E-state index is 13.3. The van der Waals surface area contributed by atoms with Gasteiger partial charge in [-0.05, 0) is 33.6 Å². The van der Waals surface area contributed by atoms with Gasteiger partial charge in [0.25, 0.3) is 5.56 Å². The number of esters is 1. The van der Waals surface area contributed by atoms with Gasteiger partial charge in [-0.1, -0.05) is 32.2 Å². The highest BCUT2D eigenvalue weighted by Crippen LogP contribution is 2.56. The molecule has 10 nitrogen and oxygen atoms in total. The normalized spacial score (nSPS) is 16.7. The number of ether oxygens (including phenoxy) is 2. The highest BCUT2D eigenvalue weighted by atomic mass is 32.7. The standard InChI is InChI=1S/C19H34N3O7PS/c1-8-31-30(26,21-17(12(2)3)18(24)28-13(4)5)27-11-14(6)29-15(7)22-10-9-16(23)20-19(22)25/h9-10,12-15,17H,8,11H2,1-7H3,(H,21,26)(H,20,23,25). The van der Waals surface area contributed by atoms with Crippen molar-refractivity contribution in [3.05, 3.63) is 33.1 Å². The third kappa shape index (κ3) is 9.33. The summed E-state index contributed by atoms with van der Waals surface area (Å²) in [6, 6.07) is 0.433. The Kier molecular flexibility index (Phi) is 11.2. The van der Waals surface area contributed by atoms with E-state index in [0.717, 1.165) is 11.4 Å². The van der Waals surface area contributed by atoms with Gasteiger partial charge in [-0.2, -0.15) is 0 Å². The van der Waals surface area contributed by atoms with Gasteiger partial charge in [-0.25, -0.2) is 9.88 Å². The van der Waals surface area contributed by atoms with Gasteiger partial charge >= 0.3 is 18.4 Å². The van der Waals surface area contributed by atoms with Crippen molar-refractivity contribution in [2.45, 2.75) is 72.9 Å². The summed E-state index contributed by atoms with van der Waals surface area (Å²) < 4.78 is 31.3. The molecule has 1 heterocycles. The molecule has 0 amide bonds. The maximum atomic E-state index is 13.3. The lowest BCUT2D eigenvalue weighted by Crippen LogP contribution is -2.41. The van der Waals surface area contributed by atoms with Gasteiger partial charge in [0, 0.05) is 18.0 Å². The van der Waals surface area contributed by atoms with Crippen LogP contribution < -0.4 is 16.3 Å². The zero-order chi connectivity index (χ0) is 23.8. The van der Waals surface area contributed by atoms with Gasteiger partial charge in [0.15, 0.2) is 0 Å². The van der Waals surface area contributed by atoms with Crippen molar-refractivity contribution in [1.82, 2.24) is 14.6 Å². The Hall–Kier alpha value is -1.39. The van der Waals surface area contributed by atoms with Crippen molar-refractivity contribution in [3.8, 4) is 0 Å². The van der Waals surface area contributed by atoms with Crippen molar-refractivity contribution in [2.24, 2.45) is 5.92 Å². The summed E-state index contributed by atoms with van der Waals surface area (Å²) in [5.74, 6) is -0.144. The fourth-order valence-corrected chi connectivity index (χ4v) is 6.29. The number of aromatic amines is 1. The van der Waals surface area contributed by atoms with E-state index in [-0.39, 0.29) is 18.6 Å². The molecule has 31 heavy (non-hydrogen) atoms. The van der Waals surface area contributed by atoms with Crippen LogP contribution in [0, 0.1) is 5.92 Å². The number of hydrogen-bond acceptors (Lipinski definition) is 8. The second kappa shape index (κ2) is 12.6. The zero-order valence-electron chi connectivity index (χ0n) is 19.1. The van der Waals surface area contributed by atoms with Gasteiger partial charge in [0.05, 0.1) is 18.8 Å². The fraction of sp³-hybridized carbons (Fsp3) is 0.737. The fourth-order valence-electron chi connectivity index (χ4n) is 2.59. The molecule has 0 aliphatic carbocycles. The third-order valence-corrected chi connectivity index (χ3v) is 8.13. The number of hydrogen-bond donors (Lipinski definition) is 2. The summed E-state index contributed by atoms with van der Waals surface area (Å²) in [7, 11) is 0. The van der Waals surface area contributed by atoms with Crippen molar-refractivity contribution >= 4 is 24.1 Å². The molecule has 0 aromatic carbocycles. The first-order chi connectivity index (χ1) is 14.4. The van der Waals surface area contributed by atoms with Crippen molar-refractivity contribution in [1.29, 1.82) is 0 Å². The SMILES string of the molecule is CCSP(=O)(NC(C(=O)OC(C)C)C(C)C)OCC(C)OC(C)n1ccc(=O)[nH]c1=O. The molecule has 1 aromatic heterocycles. The molecule has 1 rings (SSSR count). The van der Waals surface area contributed by atoms with Gasteiger partial charge in [-0.3, -0.25) is 23.7 Å². The molecule has 178 valence electrons. The molecule has 1 aromatic rings. The van der Waals surface area contributed by atoms with E-state index >= 15 is 0 Å². The van der Waals surface area contributed by atoms with E-state index < -0.39 is 42.3 Å². The molecule has 0 aliphatic heterocycles. The van der Waals surface area contributed by atoms with Crippen LogP contribution in [0.4, 0.5) is 0 Å². The average Bonchev–Trinajstić information content (AvgIpc) is 2.64. The van der Waals surface area contributed by atoms with Crippen LogP contribution in [-0.2, 0) is 23.4 Å². The van der Waals surface area contributed by atoms with Crippen LogP contribution >= 0.6 is 18.1 Å². The highest BCUT2D eigenvalue weighted by molar-refractivity contribution is 8.56. The number of nitrogens with one attached hydrogen (secondary N) is 2. The molecular formula is C19H34N3O7PS. The topological polar surface area (TPSA) is 129 Å². The summed E-state index contributed by atoms with van der Waals surface area (Å²) in [5, 5.41) is 2.86. The number of nitrogens with zero attached hydrogens (tertiary/aromatic N) is 1. The van der Waals surface area contributed by atoms with Crippen LogP contribution in [0.3, 0.4) is 0 Å². The molecular weight excluding hydrogens is 445 g/mol. The Bertz CT molecular complexity index is 871. The lowest BCUT2D eigenvalue weighted by molar-refractivity contribution is -0.150. The Labute approximate surface area is 186 Å². The minimum Gasteiger partial charge on any atom is -0.462 e. The molecule has 12 heteroatoms. The first kappa shape index (κ1) is 27.6. The molecule has 0 bridgehead atoms. The monoisotopic (exact) mass is 479 g/mol. The van der Waals surface area contributed by atoms with E-state index in [4.69, 9.17) is 14.0 Å². The average molecular weight is 480 g/mol. The molecule has 0 fully saturated rings. The smallest absolute Gasteiger partial charge is 0.330 e. The van der Waals surface area contributed by atoms with Crippen molar-refractivity contribution < 1.29 is 23.4 Å². The summed E-state index contributed by atoms with van der Waals surface area (Å²) >= 11 is 1.09. The number of rotatable bonds is 13. The van der Waals surface area contributed by atoms with Crippen LogP contribution in [0.5, 0.6) is 0 Å². The van der Waals surface area contributed by atoms with E-state index in [9.17, 15) is 18.9 Å². The molecule has 0 saturated carbocycles. The molecule has 4 unspecified atom stereocenters. The highest BCUT2D eigenvalue weighted by Gasteiger charge is 2.34. The number of carbonyl (C=O) groups excluding carboxylic acids is 1. The van der Waals surface area contributed by atoms with E-state index in [1.165, 1.54) is 16.8 Å². The van der Waals surface area contributed by atoms with Gasteiger partial charge < -0.3 is 14.0 Å². The maximum Gasteiger partial charge on any atom is 0.330 e. The lowest BCUT2D eigenvalue weighted by Gasteiger charge is -2.28. The Morgan fingerprint density at radius 1 is 1.23 bits per heavy atom. The predicted molar refractivity (Wildman–Crippen MR) is 121 cm³/mol. The largest absolute Gasteiger partial charge is 0.462 e. The van der Waals surface area contributed by atoms with Crippen LogP contribution in [0.25, 0.3) is 0 Å². The van der Waals surface area contributed by atoms with Crippen molar-refractivity contribution in [2.75, 3.05) is 12.4 Å². The van der Waals surface area contributed by atoms with Gasteiger partial charge in [0.2, 0.25) is 0 Å². The van der Waals surface area contributed by atoms with Crippen LogP contribution in [-0.4, -0.2) is 46.1 Å². The first-order valence-electron chi connectivity index (χ1n) is 10.2. The van der Waals surface area contributed by atoms with Gasteiger partial charge in [0.1, 0.15) is 12.3 Å². The van der Waals surface area contributed by atoms with E-state index in [0.29, 0.717) is 5.75 Å². The Morgan fingerprint density at radius 3 is 2.39 bits per heavy atom. The number of aromatic nitrogens is 2. The first-order valence-corrected chi connectivity index (χ1v) is 13.4. The van der Waals surface area contributed by atoms with Crippen LogP contribution in [0.15, 0.2) is 21.9 Å². The molecule has 4 atom stereocenters. The van der Waals surface area contributed by atoms with Gasteiger partial charge in [-0.15, -0.1) is 0 Å². The second-order valence-corrected chi connectivity index (χ2v) is 12.2. The molecule has 0 radical (unpaired) electrons. The minimum atomic E-state index is -3.44. The summed E-state index contributed by atoms with van der Waals surface area (Å²) in [5.41, 5.74) is -1.09. The quantitative estimate of drug-likeness (QED) is 0.324. The van der Waals surface area contributed by atoms with E-state index in [2.05, 4.69) is 10.1 Å². The second-order valence-electron chi connectivity index (χ2n) is 7.61. The minimum absolute atomic E-state index is 0.0379. The number of carbonyl (C=O) groups is 1. The van der Waals surface area contributed by atoms with Crippen LogP contribution in [0.2, 0.25) is 0 Å². The molecule has 2 N–H and O–H groups in total.